The van der Waals surface area contributed by atoms with Crippen LogP contribution in [0.1, 0.15) is 32.4 Å². The Morgan fingerprint density at radius 2 is 2.03 bits per heavy atom. The molecule has 1 aliphatic heterocycles. The molecule has 2 aromatic rings. The van der Waals surface area contributed by atoms with E-state index in [-0.39, 0.29) is 42.5 Å². The van der Waals surface area contributed by atoms with E-state index in [9.17, 15) is 18.3 Å². The summed E-state index contributed by atoms with van der Waals surface area (Å²) in [4.78, 5) is 14.7. The summed E-state index contributed by atoms with van der Waals surface area (Å²) in [6, 6.07) is 5.63. The quantitative estimate of drug-likeness (QED) is 0.625. The minimum absolute atomic E-state index is 0.0726. The second-order valence-corrected chi connectivity index (χ2v) is 11.2. The van der Waals surface area contributed by atoms with Crippen molar-refractivity contribution < 1.29 is 23.1 Å². The van der Waals surface area contributed by atoms with Gasteiger partial charge in [0.15, 0.2) is 0 Å². The van der Waals surface area contributed by atoms with Crippen molar-refractivity contribution in [1.29, 1.82) is 0 Å². The van der Waals surface area contributed by atoms with Gasteiger partial charge in [-0.25, -0.2) is 13.1 Å². The largest absolute Gasteiger partial charge is 0.394 e. The number of likely N-dealkylation sites (N-methyl/N-ethyl adjacent to an activating group) is 1. The Kier molecular flexibility index (Phi) is 9.05. The van der Waals surface area contributed by atoms with Gasteiger partial charge in [0.2, 0.25) is 15.9 Å². The minimum atomic E-state index is -3.78. The Labute approximate surface area is 205 Å². The van der Waals surface area contributed by atoms with Crippen LogP contribution < -0.4 is 0 Å². The molecule has 0 unspecified atom stereocenters. The first-order valence-electron chi connectivity index (χ1n) is 11.2. The molecule has 1 aromatic carbocycles. The Morgan fingerprint density at radius 3 is 2.71 bits per heavy atom. The number of carbonyl (C=O) groups is 1. The number of aliphatic hydroxyl groups excluding tert-OH is 1. The zero-order valence-corrected chi connectivity index (χ0v) is 21.2. The fraction of sp³-hybridized carbons (Fsp3) is 0.591. The summed E-state index contributed by atoms with van der Waals surface area (Å²) in [5, 5.41) is 18.2. The average Bonchev–Trinajstić information content (AvgIpc) is 3.25. The zero-order valence-electron chi connectivity index (χ0n) is 19.7. The second kappa shape index (κ2) is 11.6. The van der Waals surface area contributed by atoms with Crippen LogP contribution in [0.2, 0.25) is 5.02 Å². The first-order valence-corrected chi connectivity index (χ1v) is 13.1. The van der Waals surface area contributed by atoms with Gasteiger partial charge in [0, 0.05) is 44.0 Å². The van der Waals surface area contributed by atoms with Gasteiger partial charge in [-0.1, -0.05) is 23.7 Å². The predicted molar refractivity (Wildman–Crippen MR) is 127 cm³/mol. The Morgan fingerprint density at radius 1 is 1.32 bits per heavy atom. The first kappa shape index (κ1) is 26.6. The third-order valence-electron chi connectivity index (χ3n) is 6.10. The summed E-state index contributed by atoms with van der Waals surface area (Å²) < 4.78 is 35.4. The van der Waals surface area contributed by atoms with Crippen molar-refractivity contribution in [2.75, 3.05) is 26.7 Å². The summed E-state index contributed by atoms with van der Waals surface area (Å²) in [7, 11) is -2.28. The predicted octanol–water partition coefficient (Wildman–Crippen LogP) is 1.78. The molecule has 0 saturated heterocycles. The highest BCUT2D eigenvalue weighted by molar-refractivity contribution is 7.89. The molecule has 34 heavy (non-hydrogen) atoms. The number of aromatic nitrogens is 3. The number of ether oxygens (including phenoxy) is 1. The van der Waals surface area contributed by atoms with Crippen LogP contribution in [-0.4, -0.2) is 82.5 Å². The Hall–Kier alpha value is -2.05. The van der Waals surface area contributed by atoms with Gasteiger partial charge in [0.25, 0.3) is 0 Å². The second-order valence-electron chi connectivity index (χ2n) is 8.70. The summed E-state index contributed by atoms with van der Waals surface area (Å²) in [5.74, 6) is -0.291. The number of aryl methyl sites for hydroxylation is 1. The molecule has 0 spiro atoms. The number of hydrogen-bond acceptors (Lipinski definition) is 7. The van der Waals surface area contributed by atoms with E-state index in [2.05, 4.69) is 10.3 Å². The number of hydrogen-bond donors (Lipinski definition) is 1. The van der Waals surface area contributed by atoms with Crippen LogP contribution in [0.25, 0.3) is 0 Å². The van der Waals surface area contributed by atoms with Crippen LogP contribution in [-0.2, 0) is 32.7 Å². The summed E-state index contributed by atoms with van der Waals surface area (Å²) in [6.45, 7) is 4.66. The standard InChI is InChI=1S/C22H32ClN5O5S/c1-16-12-27(17(2)14-29)22(30)5-4-10-28-19(11-24-25-28)15-33-21(16)13-26(3)34(31,32)20-8-6-18(23)7-9-20/h6-9,11,16-17,21,29H,4-5,10,12-15H2,1-3H3/t16-,17+,21+/m1/s1. The molecular formula is C22H32ClN5O5S. The summed E-state index contributed by atoms with van der Waals surface area (Å²) in [6.07, 6.45) is 1.98. The maximum atomic E-state index is 13.1. The highest BCUT2D eigenvalue weighted by Gasteiger charge is 2.31. The van der Waals surface area contributed by atoms with Gasteiger partial charge in [-0.05, 0) is 37.6 Å². The third kappa shape index (κ3) is 6.33. The highest BCUT2D eigenvalue weighted by Crippen LogP contribution is 2.22. The Balaban J connectivity index is 1.86. The lowest BCUT2D eigenvalue weighted by atomic mass is 10.0. The smallest absolute Gasteiger partial charge is 0.242 e. The minimum Gasteiger partial charge on any atom is -0.394 e. The van der Waals surface area contributed by atoms with Crippen LogP contribution in [0.15, 0.2) is 35.4 Å². The SMILES string of the molecule is C[C@@H]1CN([C@@H](C)CO)C(=O)CCCn2nncc2CO[C@H]1CN(C)S(=O)(=O)c1ccc(Cl)cc1. The number of fused-ring (bicyclic) bond motifs is 1. The zero-order chi connectivity index (χ0) is 24.9. The fourth-order valence-corrected chi connectivity index (χ4v) is 5.19. The molecule has 3 rings (SSSR count). The van der Waals surface area contributed by atoms with E-state index in [1.165, 1.54) is 35.6 Å². The highest BCUT2D eigenvalue weighted by atomic mass is 35.5. The van der Waals surface area contributed by atoms with Crippen molar-refractivity contribution in [1.82, 2.24) is 24.2 Å². The molecule has 2 heterocycles. The van der Waals surface area contributed by atoms with Gasteiger partial charge < -0.3 is 14.7 Å². The van der Waals surface area contributed by atoms with Crippen LogP contribution in [0.3, 0.4) is 0 Å². The van der Waals surface area contributed by atoms with E-state index in [0.717, 1.165) is 5.69 Å². The number of nitrogens with zero attached hydrogens (tertiary/aromatic N) is 5. The molecule has 1 amide bonds. The number of aliphatic hydroxyl groups is 1. The topological polar surface area (TPSA) is 118 Å². The number of rotatable bonds is 6. The molecule has 0 saturated carbocycles. The molecule has 10 nitrogen and oxygen atoms in total. The van der Waals surface area contributed by atoms with E-state index in [0.29, 0.717) is 31.0 Å². The van der Waals surface area contributed by atoms with Gasteiger partial charge in [0.1, 0.15) is 0 Å². The molecule has 188 valence electrons. The van der Waals surface area contributed by atoms with Gasteiger partial charge in [-0.2, -0.15) is 4.31 Å². The molecule has 1 aromatic heterocycles. The molecular weight excluding hydrogens is 482 g/mol. The van der Waals surface area contributed by atoms with Crippen LogP contribution in [0.5, 0.6) is 0 Å². The maximum Gasteiger partial charge on any atom is 0.242 e. The Bertz CT molecular complexity index is 1060. The molecule has 1 aliphatic rings. The van der Waals surface area contributed by atoms with E-state index in [4.69, 9.17) is 16.3 Å². The van der Waals surface area contributed by atoms with E-state index >= 15 is 0 Å². The number of carbonyl (C=O) groups excluding carboxylic acids is 1. The molecule has 0 aliphatic carbocycles. The molecule has 1 N–H and O–H groups in total. The van der Waals surface area contributed by atoms with Crippen molar-refractivity contribution in [2.24, 2.45) is 5.92 Å². The van der Waals surface area contributed by atoms with Crippen molar-refractivity contribution >= 4 is 27.5 Å². The number of sulfonamides is 1. The lowest BCUT2D eigenvalue weighted by Crippen LogP contribution is -2.47. The molecule has 0 bridgehead atoms. The summed E-state index contributed by atoms with van der Waals surface area (Å²) in [5.41, 5.74) is 0.758. The number of benzene rings is 1. The van der Waals surface area contributed by atoms with Gasteiger partial charge >= 0.3 is 0 Å². The van der Waals surface area contributed by atoms with Crippen LogP contribution in [0, 0.1) is 5.92 Å². The summed E-state index contributed by atoms with van der Waals surface area (Å²) >= 11 is 5.91. The molecule has 0 fully saturated rings. The van der Waals surface area contributed by atoms with E-state index in [1.807, 2.05) is 6.92 Å². The monoisotopic (exact) mass is 513 g/mol. The van der Waals surface area contributed by atoms with Crippen LogP contribution >= 0.6 is 11.6 Å². The van der Waals surface area contributed by atoms with E-state index in [1.54, 1.807) is 22.7 Å². The number of amides is 1. The van der Waals surface area contributed by atoms with Crippen molar-refractivity contribution in [2.45, 2.75) is 56.9 Å². The average molecular weight is 514 g/mol. The molecule has 0 radical (unpaired) electrons. The van der Waals surface area contributed by atoms with Crippen molar-refractivity contribution in [3.63, 3.8) is 0 Å². The van der Waals surface area contributed by atoms with Gasteiger partial charge in [-0.15, -0.1) is 5.10 Å². The maximum absolute atomic E-state index is 13.1. The van der Waals surface area contributed by atoms with Gasteiger partial charge in [-0.3, -0.25) is 4.79 Å². The molecule has 12 heteroatoms. The first-order chi connectivity index (χ1) is 16.1. The van der Waals surface area contributed by atoms with Gasteiger partial charge in [0.05, 0.1) is 42.1 Å². The van der Waals surface area contributed by atoms with Crippen molar-refractivity contribution in [3.8, 4) is 0 Å². The lowest BCUT2D eigenvalue weighted by molar-refractivity contribution is -0.136. The normalized spacial score (nSPS) is 21.6. The lowest BCUT2D eigenvalue weighted by Gasteiger charge is -2.35. The van der Waals surface area contributed by atoms with Crippen LogP contribution in [0.4, 0.5) is 0 Å². The third-order valence-corrected chi connectivity index (χ3v) is 8.19. The number of halogens is 1. The fourth-order valence-electron chi connectivity index (χ4n) is 3.88. The van der Waals surface area contributed by atoms with E-state index < -0.39 is 16.1 Å². The molecule has 3 atom stereocenters. The van der Waals surface area contributed by atoms with Crippen molar-refractivity contribution in [3.05, 3.63) is 41.2 Å².